The fraction of sp³-hybridized carbons (Fsp3) is 0.250. The number of hydrogen-bond acceptors (Lipinski definition) is 2. The summed E-state index contributed by atoms with van der Waals surface area (Å²) >= 11 is 15.7. The first-order chi connectivity index (χ1) is 10.0. The minimum Gasteiger partial charge on any atom is -0.496 e. The summed E-state index contributed by atoms with van der Waals surface area (Å²) in [6.45, 7) is 0. The van der Waals surface area contributed by atoms with E-state index in [1.165, 1.54) is 0 Å². The molecule has 0 bridgehead atoms. The first kappa shape index (κ1) is 16.6. The standard InChI is InChI=1S/C16H15BrCl2O2/c1-21-16-6-5-11(17)7-10(16)8-12(20)9-13-14(18)3-2-4-15(13)19/h2-7,12,20H,8-9H2,1H3. The van der Waals surface area contributed by atoms with Crippen LogP contribution >= 0.6 is 39.1 Å². The first-order valence-corrected chi connectivity index (χ1v) is 7.99. The Balaban J connectivity index is 2.15. The quantitative estimate of drug-likeness (QED) is 0.787. The van der Waals surface area contributed by atoms with Crippen LogP contribution in [0.3, 0.4) is 0 Å². The maximum atomic E-state index is 10.3. The van der Waals surface area contributed by atoms with Crippen LogP contribution in [-0.2, 0) is 12.8 Å². The number of methoxy groups -OCH3 is 1. The van der Waals surface area contributed by atoms with Crippen molar-refractivity contribution in [2.24, 2.45) is 0 Å². The van der Waals surface area contributed by atoms with Crippen LogP contribution in [0.4, 0.5) is 0 Å². The molecule has 0 aromatic heterocycles. The van der Waals surface area contributed by atoms with Crippen molar-refractivity contribution in [1.82, 2.24) is 0 Å². The highest BCUT2D eigenvalue weighted by atomic mass is 79.9. The number of halogens is 3. The fourth-order valence-corrected chi connectivity index (χ4v) is 3.16. The predicted octanol–water partition coefficient (Wildman–Crippen LogP) is 4.91. The summed E-state index contributed by atoms with van der Waals surface area (Å²) in [5.41, 5.74) is 1.70. The summed E-state index contributed by atoms with van der Waals surface area (Å²) in [4.78, 5) is 0. The van der Waals surface area contributed by atoms with Crippen LogP contribution in [0.25, 0.3) is 0 Å². The highest BCUT2D eigenvalue weighted by Crippen LogP contribution is 2.28. The minimum atomic E-state index is -0.592. The van der Waals surface area contributed by atoms with Crippen molar-refractivity contribution in [1.29, 1.82) is 0 Å². The van der Waals surface area contributed by atoms with Gasteiger partial charge in [0.25, 0.3) is 0 Å². The molecule has 5 heteroatoms. The molecular formula is C16H15BrCl2O2. The van der Waals surface area contributed by atoms with Gasteiger partial charge in [0.15, 0.2) is 0 Å². The molecule has 2 aromatic carbocycles. The van der Waals surface area contributed by atoms with Gasteiger partial charge in [-0.05, 0) is 41.5 Å². The maximum absolute atomic E-state index is 10.3. The summed E-state index contributed by atoms with van der Waals surface area (Å²) in [6, 6.07) is 11.0. The van der Waals surface area contributed by atoms with Gasteiger partial charge in [0, 0.05) is 27.4 Å². The molecule has 1 N–H and O–H groups in total. The molecule has 0 radical (unpaired) electrons. The minimum absolute atomic E-state index is 0.397. The van der Waals surface area contributed by atoms with E-state index in [1.54, 1.807) is 25.3 Å². The van der Waals surface area contributed by atoms with E-state index in [0.29, 0.717) is 22.9 Å². The Morgan fingerprint density at radius 1 is 1.14 bits per heavy atom. The lowest BCUT2D eigenvalue weighted by Gasteiger charge is -2.15. The third kappa shape index (κ3) is 4.36. The Bertz CT molecular complexity index is 611. The predicted molar refractivity (Wildman–Crippen MR) is 90.6 cm³/mol. The van der Waals surface area contributed by atoms with Crippen LogP contribution in [0.1, 0.15) is 11.1 Å². The second-order valence-corrected chi connectivity index (χ2v) is 6.45. The molecule has 0 aliphatic carbocycles. The van der Waals surface area contributed by atoms with Crippen molar-refractivity contribution in [3.05, 3.63) is 62.0 Å². The number of hydrogen-bond donors (Lipinski definition) is 1. The van der Waals surface area contributed by atoms with Crippen LogP contribution in [0.5, 0.6) is 5.75 Å². The molecule has 21 heavy (non-hydrogen) atoms. The van der Waals surface area contributed by atoms with E-state index in [9.17, 15) is 5.11 Å². The van der Waals surface area contributed by atoms with Crippen LogP contribution < -0.4 is 4.74 Å². The van der Waals surface area contributed by atoms with Gasteiger partial charge in [-0.2, -0.15) is 0 Å². The van der Waals surface area contributed by atoms with Crippen molar-refractivity contribution in [2.45, 2.75) is 18.9 Å². The van der Waals surface area contributed by atoms with E-state index < -0.39 is 6.10 Å². The normalized spacial score (nSPS) is 12.2. The lowest BCUT2D eigenvalue weighted by molar-refractivity contribution is 0.174. The van der Waals surface area contributed by atoms with E-state index in [0.717, 1.165) is 21.3 Å². The van der Waals surface area contributed by atoms with E-state index in [-0.39, 0.29) is 0 Å². The fourth-order valence-electron chi connectivity index (χ4n) is 2.20. The second kappa shape index (κ2) is 7.50. The summed E-state index contributed by atoms with van der Waals surface area (Å²) in [7, 11) is 1.62. The number of rotatable bonds is 5. The molecule has 2 nitrogen and oxygen atoms in total. The number of aliphatic hydroxyl groups is 1. The summed E-state index contributed by atoms with van der Waals surface area (Å²) in [6.07, 6.45) is 0.267. The lowest BCUT2D eigenvalue weighted by Crippen LogP contribution is -2.15. The molecule has 112 valence electrons. The Labute approximate surface area is 142 Å². The molecule has 2 rings (SSSR count). The highest BCUT2D eigenvalue weighted by molar-refractivity contribution is 9.10. The van der Waals surface area contributed by atoms with Gasteiger partial charge in [0.2, 0.25) is 0 Å². The second-order valence-electron chi connectivity index (χ2n) is 4.72. The molecule has 0 saturated heterocycles. The topological polar surface area (TPSA) is 29.5 Å². The Hall–Kier alpha value is -0.740. The van der Waals surface area contributed by atoms with Gasteiger partial charge in [0.05, 0.1) is 13.2 Å². The molecule has 0 saturated carbocycles. The van der Waals surface area contributed by atoms with Crippen molar-refractivity contribution in [3.8, 4) is 5.75 Å². The largest absolute Gasteiger partial charge is 0.496 e. The monoisotopic (exact) mass is 388 g/mol. The van der Waals surface area contributed by atoms with Crippen molar-refractivity contribution in [3.63, 3.8) is 0 Å². The van der Waals surface area contributed by atoms with Crippen LogP contribution in [0, 0.1) is 0 Å². The summed E-state index contributed by atoms with van der Waals surface area (Å²) in [5.74, 6) is 0.752. The van der Waals surface area contributed by atoms with Crippen molar-refractivity contribution in [2.75, 3.05) is 7.11 Å². The smallest absolute Gasteiger partial charge is 0.122 e. The van der Waals surface area contributed by atoms with Crippen LogP contribution in [0.2, 0.25) is 10.0 Å². The number of aliphatic hydroxyl groups excluding tert-OH is 1. The molecular weight excluding hydrogens is 375 g/mol. The molecule has 0 spiro atoms. The van der Waals surface area contributed by atoms with Gasteiger partial charge in [-0.1, -0.05) is 45.2 Å². The Kier molecular flexibility index (Phi) is 5.94. The number of benzene rings is 2. The SMILES string of the molecule is COc1ccc(Br)cc1CC(O)Cc1c(Cl)cccc1Cl. The molecule has 0 heterocycles. The van der Waals surface area contributed by atoms with E-state index in [2.05, 4.69) is 15.9 Å². The van der Waals surface area contributed by atoms with Gasteiger partial charge < -0.3 is 9.84 Å². The zero-order chi connectivity index (χ0) is 15.4. The number of ether oxygens (including phenoxy) is 1. The zero-order valence-corrected chi connectivity index (χ0v) is 14.5. The summed E-state index contributed by atoms with van der Waals surface area (Å²) < 4.78 is 6.26. The van der Waals surface area contributed by atoms with E-state index >= 15 is 0 Å². The average Bonchev–Trinajstić information content (AvgIpc) is 2.43. The first-order valence-electron chi connectivity index (χ1n) is 6.44. The third-order valence-electron chi connectivity index (χ3n) is 3.20. The molecule has 0 aliphatic heterocycles. The molecule has 1 unspecified atom stereocenters. The molecule has 2 aromatic rings. The maximum Gasteiger partial charge on any atom is 0.122 e. The van der Waals surface area contributed by atoms with Crippen molar-refractivity contribution < 1.29 is 9.84 Å². The van der Waals surface area contributed by atoms with Crippen LogP contribution in [-0.4, -0.2) is 18.3 Å². The van der Waals surface area contributed by atoms with Crippen LogP contribution in [0.15, 0.2) is 40.9 Å². The van der Waals surface area contributed by atoms with Crippen molar-refractivity contribution >= 4 is 39.1 Å². The molecule has 0 aliphatic rings. The third-order valence-corrected chi connectivity index (χ3v) is 4.40. The zero-order valence-electron chi connectivity index (χ0n) is 11.4. The Morgan fingerprint density at radius 3 is 2.43 bits per heavy atom. The highest BCUT2D eigenvalue weighted by Gasteiger charge is 2.15. The Morgan fingerprint density at radius 2 is 1.81 bits per heavy atom. The lowest BCUT2D eigenvalue weighted by atomic mass is 10.0. The van der Waals surface area contributed by atoms with Gasteiger partial charge in [-0.15, -0.1) is 0 Å². The molecule has 0 amide bonds. The van der Waals surface area contributed by atoms with E-state index in [1.807, 2.05) is 18.2 Å². The molecule has 0 fully saturated rings. The summed E-state index contributed by atoms with van der Waals surface area (Å²) in [5, 5.41) is 11.5. The van der Waals surface area contributed by atoms with Gasteiger partial charge in [-0.3, -0.25) is 0 Å². The van der Waals surface area contributed by atoms with Gasteiger partial charge >= 0.3 is 0 Å². The van der Waals surface area contributed by atoms with Gasteiger partial charge in [-0.25, -0.2) is 0 Å². The van der Waals surface area contributed by atoms with Gasteiger partial charge in [0.1, 0.15) is 5.75 Å². The van der Waals surface area contributed by atoms with E-state index in [4.69, 9.17) is 27.9 Å². The molecule has 1 atom stereocenters. The average molecular weight is 390 g/mol.